The van der Waals surface area contributed by atoms with E-state index in [1.165, 1.54) is 12.1 Å². The van der Waals surface area contributed by atoms with Crippen molar-refractivity contribution in [2.45, 2.75) is 76.6 Å². The maximum Gasteiger partial charge on any atom is 0.293 e. The Hall–Kier alpha value is -1.75. The number of nitro groups is 1. The first kappa shape index (κ1) is 24.5. The van der Waals surface area contributed by atoms with Crippen LogP contribution in [-0.2, 0) is 14.8 Å². The first-order chi connectivity index (χ1) is 13.6. The van der Waals surface area contributed by atoms with Gasteiger partial charge >= 0.3 is 0 Å². The summed E-state index contributed by atoms with van der Waals surface area (Å²) in [6, 6.07) is 3.94. The van der Waals surface area contributed by atoms with Gasteiger partial charge in [0.05, 0.1) is 22.0 Å². The lowest BCUT2D eigenvalue weighted by molar-refractivity contribution is -0.384. The number of nitrogens with one attached hydrogen (secondary N) is 2. The molecule has 0 amide bonds. The molecule has 2 unspecified atom stereocenters. The largest absolute Gasteiger partial charge is 0.378 e. The third-order valence-corrected chi connectivity index (χ3v) is 6.66. The highest BCUT2D eigenvalue weighted by molar-refractivity contribution is 7.89. The second-order valence-corrected chi connectivity index (χ2v) is 11.3. The van der Waals surface area contributed by atoms with Crippen molar-refractivity contribution in [1.29, 1.82) is 0 Å². The van der Waals surface area contributed by atoms with Gasteiger partial charge in [-0.2, -0.15) is 0 Å². The summed E-state index contributed by atoms with van der Waals surface area (Å²) in [5, 5.41) is 14.8. The fraction of sp³-hybridized carbons (Fsp3) is 0.700. The highest BCUT2D eigenvalue weighted by atomic mass is 32.2. The van der Waals surface area contributed by atoms with Gasteiger partial charge in [0.15, 0.2) is 0 Å². The summed E-state index contributed by atoms with van der Waals surface area (Å²) in [6.07, 6.45) is 0.226. The first-order valence-electron chi connectivity index (χ1n) is 10.1. The normalized spacial score (nSPS) is 21.4. The molecule has 2 atom stereocenters. The molecule has 1 aromatic rings. The van der Waals surface area contributed by atoms with E-state index in [9.17, 15) is 18.5 Å². The van der Waals surface area contributed by atoms with Gasteiger partial charge in [0, 0.05) is 36.8 Å². The molecule has 30 heavy (non-hydrogen) atoms. The van der Waals surface area contributed by atoms with Gasteiger partial charge in [-0.25, -0.2) is 13.1 Å². The lowest BCUT2D eigenvalue weighted by Crippen LogP contribution is -2.57. The fourth-order valence-electron chi connectivity index (χ4n) is 3.54. The topological polar surface area (TPSA) is 114 Å². The van der Waals surface area contributed by atoms with Crippen LogP contribution < -0.4 is 10.0 Å². The van der Waals surface area contributed by atoms with Gasteiger partial charge in [0.2, 0.25) is 10.0 Å². The van der Waals surface area contributed by atoms with Gasteiger partial charge in [0.25, 0.3) is 5.69 Å². The fourth-order valence-corrected chi connectivity index (χ4v) is 4.97. The standard InChI is InChI=1S/C20H34N4O5S/c1-14-11-23(12-15(2)29-14)20(6,7)13-21-17-9-8-16(10-18(17)24(25)26)30(27,28)22-19(3,4)5/h8-10,14-15,21-22H,11-13H2,1-7H3. The number of morpholine rings is 1. The minimum atomic E-state index is -3.87. The molecule has 0 aromatic heterocycles. The Balaban J connectivity index is 2.23. The average Bonchev–Trinajstić information content (AvgIpc) is 2.56. The van der Waals surface area contributed by atoms with Crippen LogP contribution in [0.5, 0.6) is 0 Å². The number of rotatable bonds is 7. The summed E-state index contributed by atoms with van der Waals surface area (Å²) in [5.41, 5.74) is -0.955. The van der Waals surface area contributed by atoms with Crippen LogP contribution in [0.15, 0.2) is 23.1 Å². The Morgan fingerprint density at radius 2 is 1.73 bits per heavy atom. The van der Waals surface area contributed by atoms with E-state index in [4.69, 9.17) is 4.74 Å². The van der Waals surface area contributed by atoms with Crippen LogP contribution in [0, 0.1) is 10.1 Å². The number of ether oxygens (including phenoxy) is 1. The molecule has 2 N–H and O–H groups in total. The molecule has 9 nitrogen and oxygen atoms in total. The molecule has 170 valence electrons. The van der Waals surface area contributed by atoms with Crippen molar-refractivity contribution in [3.63, 3.8) is 0 Å². The van der Waals surface area contributed by atoms with Crippen LogP contribution in [-0.4, -0.2) is 61.2 Å². The van der Waals surface area contributed by atoms with Crippen LogP contribution in [0.2, 0.25) is 0 Å². The van der Waals surface area contributed by atoms with Crippen LogP contribution in [0.4, 0.5) is 11.4 Å². The van der Waals surface area contributed by atoms with E-state index in [-0.39, 0.29) is 34.0 Å². The molecule has 1 fully saturated rings. The van der Waals surface area contributed by atoms with Crippen molar-refractivity contribution in [2.24, 2.45) is 0 Å². The van der Waals surface area contributed by atoms with Crippen molar-refractivity contribution in [3.8, 4) is 0 Å². The second-order valence-electron chi connectivity index (χ2n) is 9.62. The summed E-state index contributed by atoms with van der Waals surface area (Å²) >= 11 is 0. The zero-order valence-electron chi connectivity index (χ0n) is 18.9. The van der Waals surface area contributed by atoms with Crippen molar-refractivity contribution in [1.82, 2.24) is 9.62 Å². The maximum atomic E-state index is 12.5. The summed E-state index contributed by atoms with van der Waals surface area (Å²) < 4.78 is 33.4. The average molecular weight is 443 g/mol. The molecule has 1 aliphatic heterocycles. The zero-order chi connectivity index (χ0) is 22.9. The molecule has 0 radical (unpaired) electrons. The maximum absolute atomic E-state index is 12.5. The van der Waals surface area contributed by atoms with E-state index in [1.807, 2.05) is 13.8 Å². The van der Waals surface area contributed by atoms with E-state index in [0.29, 0.717) is 6.54 Å². The SMILES string of the molecule is CC1CN(C(C)(C)CNc2ccc(S(=O)(=O)NC(C)(C)C)cc2[N+](=O)[O-])CC(C)O1. The molecular formula is C20H34N4O5S. The van der Waals surface area contributed by atoms with E-state index in [1.54, 1.807) is 20.8 Å². The molecule has 1 aliphatic rings. The molecule has 1 heterocycles. The van der Waals surface area contributed by atoms with Gasteiger partial charge in [-0.1, -0.05) is 0 Å². The van der Waals surface area contributed by atoms with E-state index < -0.39 is 20.5 Å². The first-order valence-corrected chi connectivity index (χ1v) is 11.6. The number of hydrogen-bond donors (Lipinski definition) is 2. The van der Waals surface area contributed by atoms with Gasteiger partial charge in [-0.15, -0.1) is 0 Å². The van der Waals surface area contributed by atoms with Gasteiger partial charge in [0.1, 0.15) is 5.69 Å². The highest BCUT2D eigenvalue weighted by Crippen LogP contribution is 2.29. The van der Waals surface area contributed by atoms with Crippen LogP contribution in [0.1, 0.15) is 48.5 Å². The number of hydrogen-bond acceptors (Lipinski definition) is 7. The smallest absolute Gasteiger partial charge is 0.293 e. The summed E-state index contributed by atoms with van der Waals surface area (Å²) in [6.45, 7) is 15.3. The van der Waals surface area contributed by atoms with Crippen LogP contribution >= 0.6 is 0 Å². The van der Waals surface area contributed by atoms with Gasteiger partial charge < -0.3 is 10.1 Å². The Labute approximate surface area is 179 Å². The number of anilines is 1. The van der Waals surface area contributed by atoms with Gasteiger partial charge in [-0.3, -0.25) is 15.0 Å². The van der Waals surface area contributed by atoms with Crippen molar-refractivity contribution in [3.05, 3.63) is 28.3 Å². The Kier molecular flexibility index (Phi) is 7.17. The Bertz CT molecular complexity index is 870. The molecule has 0 aliphatic carbocycles. The molecule has 1 aromatic carbocycles. The van der Waals surface area contributed by atoms with Crippen molar-refractivity contribution in [2.75, 3.05) is 25.0 Å². The lowest BCUT2D eigenvalue weighted by Gasteiger charge is -2.45. The third kappa shape index (κ3) is 6.37. The molecule has 0 saturated carbocycles. The highest BCUT2D eigenvalue weighted by Gasteiger charge is 2.34. The van der Waals surface area contributed by atoms with Crippen molar-refractivity contribution >= 4 is 21.4 Å². The quantitative estimate of drug-likeness (QED) is 0.493. The van der Waals surface area contributed by atoms with E-state index in [2.05, 4.69) is 28.8 Å². The third-order valence-electron chi connectivity index (χ3n) is 4.90. The van der Waals surface area contributed by atoms with Crippen LogP contribution in [0.25, 0.3) is 0 Å². The van der Waals surface area contributed by atoms with E-state index in [0.717, 1.165) is 19.2 Å². The minimum Gasteiger partial charge on any atom is -0.378 e. The Morgan fingerprint density at radius 3 is 2.23 bits per heavy atom. The van der Waals surface area contributed by atoms with Gasteiger partial charge in [-0.05, 0) is 60.6 Å². The number of nitrogens with zero attached hydrogens (tertiary/aromatic N) is 2. The summed E-state index contributed by atoms with van der Waals surface area (Å²) in [4.78, 5) is 13.2. The number of benzene rings is 1. The molecule has 2 rings (SSSR count). The predicted molar refractivity (Wildman–Crippen MR) is 117 cm³/mol. The summed E-state index contributed by atoms with van der Waals surface area (Å²) in [5.74, 6) is 0. The molecule has 0 spiro atoms. The predicted octanol–water partition coefficient (Wildman–Crippen LogP) is 2.97. The number of sulfonamides is 1. The minimum absolute atomic E-state index is 0.113. The van der Waals surface area contributed by atoms with Crippen LogP contribution in [0.3, 0.4) is 0 Å². The molecule has 1 saturated heterocycles. The second kappa shape index (κ2) is 8.78. The van der Waals surface area contributed by atoms with E-state index >= 15 is 0 Å². The molecule has 0 bridgehead atoms. The summed E-state index contributed by atoms with van der Waals surface area (Å²) in [7, 11) is -3.87. The lowest BCUT2D eigenvalue weighted by atomic mass is 10.00. The zero-order valence-corrected chi connectivity index (χ0v) is 19.7. The molecular weight excluding hydrogens is 408 g/mol. The van der Waals surface area contributed by atoms with Crippen molar-refractivity contribution < 1.29 is 18.1 Å². The Morgan fingerprint density at radius 1 is 1.17 bits per heavy atom. The molecule has 10 heteroatoms. The monoisotopic (exact) mass is 442 g/mol. The number of nitro benzene ring substituents is 1.